The van der Waals surface area contributed by atoms with Crippen molar-refractivity contribution in [3.05, 3.63) is 64.9 Å². The van der Waals surface area contributed by atoms with Gasteiger partial charge in [0.05, 0.1) is 10.7 Å². The summed E-state index contributed by atoms with van der Waals surface area (Å²) >= 11 is 5.97. The van der Waals surface area contributed by atoms with Crippen molar-refractivity contribution in [1.82, 2.24) is 4.90 Å². The third-order valence-electron chi connectivity index (χ3n) is 3.49. The van der Waals surface area contributed by atoms with Crippen LogP contribution >= 0.6 is 11.6 Å². The number of nitrogens with one attached hydrogen (secondary N) is 1. The minimum absolute atomic E-state index is 0.180. The highest BCUT2D eigenvalue weighted by molar-refractivity contribution is 6.33. The summed E-state index contributed by atoms with van der Waals surface area (Å²) in [6, 6.07) is 13.0. The molecule has 3 nitrogen and oxygen atoms in total. The van der Waals surface area contributed by atoms with Gasteiger partial charge in [-0.2, -0.15) is 0 Å². The molecule has 22 heavy (non-hydrogen) atoms. The van der Waals surface area contributed by atoms with Gasteiger partial charge in [0.2, 0.25) is 5.91 Å². The van der Waals surface area contributed by atoms with Gasteiger partial charge in [-0.05, 0) is 37.4 Å². The van der Waals surface area contributed by atoms with Crippen LogP contribution in [-0.4, -0.2) is 24.4 Å². The molecule has 1 amide bonds. The Morgan fingerprint density at radius 3 is 2.55 bits per heavy atom. The number of nitrogens with zero attached hydrogens (tertiary/aromatic N) is 1. The van der Waals surface area contributed by atoms with Crippen LogP contribution in [0, 0.1) is 5.82 Å². The average Bonchev–Trinajstić information content (AvgIpc) is 2.51. The monoisotopic (exact) mass is 320 g/mol. The number of anilines is 1. The predicted octanol–water partition coefficient (Wildman–Crippen LogP) is 4.11. The molecule has 1 atom stereocenters. The van der Waals surface area contributed by atoms with Gasteiger partial charge in [0.15, 0.2) is 0 Å². The van der Waals surface area contributed by atoms with E-state index in [1.165, 1.54) is 18.2 Å². The molecule has 0 saturated carbocycles. The van der Waals surface area contributed by atoms with Crippen LogP contribution in [-0.2, 0) is 4.79 Å². The third-order valence-corrected chi connectivity index (χ3v) is 3.80. The van der Waals surface area contributed by atoms with E-state index >= 15 is 0 Å². The zero-order chi connectivity index (χ0) is 16.1. The molecule has 0 aromatic heterocycles. The predicted molar refractivity (Wildman–Crippen MR) is 87.5 cm³/mol. The highest BCUT2D eigenvalue weighted by Crippen LogP contribution is 2.26. The molecule has 2 rings (SSSR count). The molecule has 0 aliphatic carbocycles. The maximum atomic E-state index is 13.1. The van der Waals surface area contributed by atoms with Gasteiger partial charge in [-0.25, -0.2) is 4.39 Å². The van der Waals surface area contributed by atoms with Crippen molar-refractivity contribution in [2.24, 2.45) is 0 Å². The topological polar surface area (TPSA) is 32.3 Å². The number of hydrogen-bond donors (Lipinski definition) is 1. The molecule has 2 aromatic rings. The first-order valence-corrected chi connectivity index (χ1v) is 7.41. The van der Waals surface area contributed by atoms with Crippen LogP contribution < -0.4 is 5.32 Å². The van der Waals surface area contributed by atoms with Crippen molar-refractivity contribution in [2.45, 2.75) is 13.0 Å². The Balaban J connectivity index is 2.26. The fourth-order valence-electron chi connectivity index (χ4n) is 2.22. The molecule has 1 unspecified atom stereocenters. The standard InChI is InChI=1S/C17H18ClFN2O/c1-3-21(2)16(12-7-5-4-6-8-12)17(22)20-15-10-9-13(19)11-14(15)18/h4-11,16H,3H2,1-2H3,(H,20,22). The molecule has 2 aromatic carbocycles. The Labute approximate surface area is 134 Å². The number of likely N-dealkylation sites (N-methyl/N-ethyl adjacent to an activating group) is 1. The van der Waals surface area contributed by atoms with Crippen molar-refractivity contribution in [3.8, 4) is 0 Å². The molecule has 0 fully saturated rings. The number of carbonyl (C=O) groups is 1. The number of carbonyl (C=O) groups excluding carboxylic acids is 1. The minimum Gasteiger partial charge on any atom is -0.323 e. The average molecular weight is 321 g/mol. The van der Waals surface area contributed by atoms with Gasteiger partial charge in [0.25, 0.3) is 0 Å². The summed E-state index contributed by atoms with van der Waals surface area (Å²) in [5.74, 6) is -0.641. The van der Waals surface area contributed by atoms with E-state index in [0.29, 0.717) is 12.2 Å². The highest BCUT2D eigenvalue weighted by Gasteiger charge is 2.24. The van der Waals surface area contributed by atoms with Gasteiger partial charge in [-0.1, -0.05) is 48.9 Å². The highest BCUT2D eigenvalue weighted by atomic mass is 35.5. The number of benzene rings is 2. The van der Waals surface area contributed by atoms with Crippen LogP contribution in [0.25, 0.3) is 0 Å². The van der Waals surface area contributed by atoms with Gasteiger partial charge < -0.3 is 5.32 Å². The van der Waals surface area contributed by atoms with Crippen LogP contribution in [0.4, 0.5) is 10.1 Å². The second-order valence-corrected chi connectivity index (χ2v) is 5.41. The number of halogens is 2. The van der Waals surface area contributed by atoms with Crippen LogP contribution in [0.2, 0.25) is 5.02 Å². The maximum Gasteiger partial charge on any atom is 0.246 e. The Morgan fingerprint density at radius 1 is 1.27 bits per heavy atom. The van der Waals surface area contributed by atoms with E-state index in [-0.39, 0.29) is 10.9 Å². The minimum atomic E-state index is -0.438. The van der Waals surface area contributed by atoms with Crippen molar-refractivity contribution < 1.29 is 9.18 Å². The van der Waals surface area contributed by atoms with E-state index in [4.69, 9.17) is 11.6 Å². The van der Waals surface area contributed by atoms with E-state index in [1.807, 2.05) is 49.2 Å². The summed E-state index contributed by atoms with van der Waals surface area (Å²) in [5.41, 5.74) is 1.29. The van der Waals surface area contributed by atoms with E-state index in [2.05, 4.69) is 5.32 Å². The molecule has 0 aliphatic rings. The Hall–Kier alpha value is -1.91. The molecule has 0 bridgehead atoms. The maximum absolute atomic E-state index is 13.1. The second-order valence-electron chi connectivity index (χ2n) is 5.00. The fourth-order valence-corrected chi connectivity index (χ4v) is 2.43. The third kappa shape index (κ3) is 3.84. The lowest BCUT2D eigenvalue weighted by atomic mass is 10.0. The van der Waals surface area contributed by atoms with Gasteiger partial charge in [-0.3, -0.25) is 9.69 Å². The van der Waals surface area contributed by atoms with Crippen molar-refractivity contribution in [3.63, 3.8) is 0 Å². The number of rotatable bonds is 5. The molecule has 5 heteroatoms. The molecular weight excluding hydrogens is 303 g/mol. The van der Waals surface area contributed by atoms with Gasteiger partial charge >= 0.3 is 0 Å². The Kier molecular flexibility index (Phi) is 5.52. The van der Waals surface area contributed by atoms with E-state index in [0.717, 1.165) is 5.56 Å². The lowest BCUT2D eigenvalue weighted by Crippen LogP contribution is -2.34. The van der Waals surface area contributed by atoms with Gasteiger partial charge in [-0.15, -0.1) is 0 Å². The summed E-state index contributed by atoms with van der Waals surface area (Å²) in [4.78, 5) is 14.6. The van der Waals surface area contributed by atoms with Crippen LogP contribution in [0.15, 0.2) is 48.5 Å². The molecule has 116 valence electrons. The lowest BCUT2D eigenvalue weighted by molar-refractivity contribution is -0.121. The summed E-state index contributed by atoms with van der Waals surface area (Å²) < 4.78 is 13.1. The molecule has 0 saturated heterocycles. The van der Waals surface area contributed by atoms with E-state index in [9.17, 15) is 9.18 Å². The smallest absolute Gasteiger partial charge is 0.246 e. The van der Waals surface area contributed by atoms with Crippen LogP contribution in [0.1, 0.15) is 18.5 Å². The Bertz CT molecular complexity index is 648. The zero-order valence-corrected chi connectivity index (χ0v) is 13.3. The van der Waals surface area contributed by atoms with E-state index in [1.54, 1.807) is 0 Å². The normalized spacial score (nSPS) is 12.2. The Morgan fingerprint density at radius 2 is 1.95 bits per heavy atom. The zero-order valence-electron chi connectivity index (χ0n) is 12.5. The first kappa shape index (κ1) is 16.5. The lowest BCUT2D eigenvalue weighted by Gasteiger charge is -2.26. The van der Waals surface area contributed by atoms with Crippen LogP contribution in [0.3, 0.4) is 0 Å². The van der Waals surface area contributed by atoms with Crippen molar-refractivity contribution in [2.75, 3.05) is 18.9 Å². The second kappa shape index (κ2) is 7.38. The number of amides is 1. The molecule has 0 spiro atoms. The van der Waals surface area contributed by atoms with E-state index < -0.39 is 11.9 Å². The summed E-state index contributed by atoms with van der Waals surface area (Å²) in [6.07, 6.45) is 0. The number of hydrogen-bond acceptors (Lipinski definition) is 2. The fraction of sp³-hybridized carbons (Fsp3) is 0.235. The summed E-state index contributed by atoms with van der Waals surface area (Å²) in [5, 5.41) is 2.95. The molecule has 0 aliphatic heterocycles. The molecule has 0 heterocycles. The quantitative estimate of drug-likeness (QED) is 0.899. The molecule has 1 N–H and O–H groups in total. The van der Waals surface area contributed by atoms with Crippen molar-refractivity contribution >= 4 is 23.2 Å². The van der Waals surface area contributed by atoms with Gasteiger partial charge in [0, 0.05) is 0 Å². The van der Waals surface area contributed by atoms with Crippen LogP contribution in [0.5, 0.6) is 0 Å². The van der Waals surface area contributed by atoms with Crippen molar-refractivity contribution in [1.29, 1.82) is 0 Å². The molecular formula is C17H18ClFN2O. The first-order valence-electron chi connectivity index (χ1n) is 7.04. The molecule has 0 radical (unpaired) electrons. The largest absolute Gasteiger partial charge is 0.323 e. The first-order chi connectivity index (χ1) is 10.5. The SMILES string of the molecule is CCN(C)C(C(=O)Nc1ccc(F)cc1Cl)c1ccccc1. The summed E-state index contributed by atoms with van der Waals surface area (Å²) in [7, 11) is 1.88. The summed E-state index contributed by atoms with van der Waals surface area (Å²) in [6.45, 7) is 2.69. The van der Waals surface area contributed by atoms with Gasteiger partial charge in [0.1, 0.15) is 11.9 Å².